The Balaban J connectivity index is 2.28. The largest absolute Gasteiger partial charge is 0.373 e. The molecule has 0 aliphatic carbocycles. The molecule has 2 aromatic carbocycles. The molecule has 2 aromatic rings. The van der Waals surface area contributed by atoms with E-state index < -0.39 is 4.92 Å². The fourth-order valence-electron chi connectivity index (χ4n) is 1.89. The number of benzene rings is 2. The summed E-state index contributed by atoms with van der Waals surface area (Å²) in [6.07, 6.45) is 0. The van der Waals surface area contributed by atoms with Crippen molar-refractivity contribution in [1.82, 2.24) is 0 Å². The van der Waals surface area contributed by atoms with Gasteiger partial charge < -0.3 is 5.32 Å². The lowest BCUT2D eigenvalue weighted by Gasteiger charge is -2.16. The van der Waals surface area contributed by atoms with Gasteiger partial charge in [0.2, 0.25) is 0 Å². The van der Waals surface area contributed by atoms with Crippen LogP contribution >= 0.6 is 27.5 Å². The summed E-state index contributed by atoms with van der Waals surface area (Å²) in [6, 6.07) is 12.6. The van der Waals surface area contributed by atoms with E-state index >= 15 is 0 Å². The molecule has 0 saturated heterocycles. The van der Waals surface area contributed by atoms with Crippen LogP contribution in [-0.2, 0) is 0 Å². The van der Waals surface area contributed by atoms with E-state index in [-0.39, 0.29) is 16.8 Å². The molecule has 6 heteroatoms. The summed E-state index contributed by atoms with van der Waals surface area (Å²) in [4.78, 5) is 10.6. The van der Waals surface area contributed by atoms with Gasteiger partial charge in [0.25, 0.3) is 0 Å². The predicted octanol–water partition coefficient (Wildman–Crippen LogP) is 5.18. The Bertz CT molecular complexity index is 632. The van der Waals surface area contributed by atoms with Crippen LogP contribution in [0.15, 0.2) is 46.9 Å². The van der Waals surface area contributed by atoms with E-state index in [9.17, 15) is 10.1 Å². The van der Waals surface area contributed by atoms with Crippen LogP contribution < -0.4 is 5.32 Å². The van der Waals surface area contributed by atoms with Crippen molar-refractivity contribution in [3.8, 4) is 0 Å². The molecule has 0 aliphatic rings. The molecule has 1 N–H and O–H groups in total. The molecule has 0 radical (unpaired) electrons. The van der Waals surface area contributed by atoms with Crippen LogP contribution in [-0.4, -0.2) is 4.92 Å². The summed E-state index contributed by atoms with van der Waals surface area (Å²) >= 11 is 9.26. The fourth-order valence-corrected chi connectivity index (χ4v) is 2.39. The van der Waals surface area contributed by atoms with Crippen molar-refractivity contribution in [3.05, 3.63) is 67.6 Å². The molecule has 4 nitrogen and oxygen atoms in total. The van der Waals surface area contributed by atoms with Gasteiger partial charge in [-0.05, 0) is 36.8 Å². The monoisotopic (exact) mass is 354 g/mol. The van der Waals surface area contributed by atoms with Crippen molar-refractivity contribution < 1.29 is 4.92 Å². The molecule has 1 atom stereocenters. The number of hydrogen-bond acceptors (Lipinski definition) is 3. The second kappa shape index (κ2) is 6.24. The zero-order valence-electron chi connectivity index (χ0n) is 10.6. The molecule has 2 rings (SSSR count). The van der Waals surface area contributed by atoms with E-state index in [1.54, 1.807) is 12.1 Å². The zero-order chi connectivity index (χ0) is 14.7. The maximum atomic E-state index is 11.1. The first-order valence-electron chi connectivity index (χ1n) is 5.94. The third-order valence-corrected chi connectivity index (χ3v) is 3.75. The van der Waals surface area contributed by atoms with Crippen molar-refractivity contribution in [2.75, 3.05) is 5.32 Å². The van der Waals surface area contributed by atoms with Crippen LogP contribution in [0.25, 0.3) is 0 Å². The van der Waals surface area contributed by atoms with E-state index in [0.717, 1.165) is 10.0 Å². The van der Waals surface area contributed by atoms with Crippen molar-refractivity contribution in [2.45, 2.75) is 13.0 Å². The fraction of sp³-hybridized carbons (Fsp3) is 0.143. The molecular weight excluding hydrogens is 344 g/mol. The van der Waals surface area contributed by atoms with Gasteiger partial charge in [0.1, 0.15) is 10.7 Å². The molecule has 0 fully saturated rings. The minimum atomic E-state index is -0.473. The van der Waals surface area contributed by atoms with E-state index in [1.165, 1.54) is 6.07 Å². The highest BCUT2D eigenvalue weighted by Crippen LogP contribution is 2.34. The van der Waals surface area contributed by atoms with Gasteiger partial charge in [-0.2, -0.15) is 0 Å². The summed E-state index contributed by atoms with van der Waals surface area (Å²) in [7, 11) is 0. The average Bonchev–Trinajstić information content (AvgIpc) is 2.39. The Labute approximate surface area is 130 Å². The average molecular weight is 356 g/mol. The standard InChI is InChI=1S/C14H12BrClN2O2/c1-9(10-5-7-11(15)8-6-10)17-13-4-2-3-12(16)14(13)18(19)20/h2-9,17H,1H3. The second-order valence-electron chi connectivity index (χ2n) is 4.31. The van der Waals surface area contributed by atoms with Crippen LogP contribution in [0.2, 0.25) is 5.02 Å². The minimum Gasteiger partial charge on any atom is -0.373 e. The van der Waals surface area contributed by atoms with Gasteiger partial charge in [0.15, 0.2) is 0 Å². The van der Waals surface area contributed by atoms with Crippen LogP contribution in [0.4, 0.5) is 11.4 Å². The van der Waals surface area contributed by atoms with Gasteiger partial charge in [0.05, 0.1) is 4.92 Å². The van der Waals surface area contributed by atoms with Gasteiger partial charge in [-0.15, -0.1) is 0 Å². The Morgan fingerprint density at radius 1 is 1.25 bits per heavy atom. The number of nitro groups is 1. The molecule has 104 valence electrons. The minimum absolute atomic E-state index is 0.0692. The topological polar surface area (TPSA) is 55.2 Å². The van der Waals surface area contributed by atoms with Crippen LogP contribution in [0.3, 0.4) is 0 Å². The first-order chi connectivity index (χ1) is 9.49. The lowest BCUT2D eigenvalue weighted by Crippen LogP contribution is -2.08. The molecule has 0 aromatic heterocycles. The summed E-state index contributed by atoms with van der Waals surface area (Å²) in [5, 5.41) is 14.3. The Hall–Kier alpha value is -1.59. The molecule has 0 saturated carbocycles. The first-order valence-corrected chi connectivity index (χ1v) is 7.11. The van der Waals surface area contributed by atoms with Crippen molar-refractivity contribution in [1.29, 1.82) is 0 Å². The number of anilines is 1. The normalized spacial score (nSPS) is 11.9. The number of nitrogens with zero attached hydrogens (tertiary/aromatic N) is 1. The highest BCUT2D eigenvalue weighted by molar-refractivity contribution is 9.10. The van der Waals surface area contributed by atoms with E-state index in [2.05, 4.69) is 21.2 Å². The highest BCUT2D eigenvalue weighted by atomic mass is 79.9. The maximum absolute atomic E-state index is 11.1. The number of halogens is 2. The SMILES string of the molecule is CC(Nc1cccc(Cl)c1[N+](=O)[O-])c1ccc(Br)cc1. The third-order valence-electron chi connectivity index (χ3n) is 2.91. The van der Waals surface area contributed by atoms with E-state index in [0.29, 0.717) is 5.69 Å². The zero-order valence-corrected chi connectivity index (χ0v) is 13.0. The summed E-state index contributed by atoms with van der Waals surface area (Å²) in [5.41, 5.74) is 1.35. The summed E-state index contributed by atoms with van der Waals surface area (Å²) in [6.45, 7) is 1.94. The van der Waals surface area contributed by atoms with Gasteiger partial charge in [-0.3, -0.25) is 10.1 Å². The lowest BCUT2D eigenvalue weighted by molar-refractivity contribution is -0.383. The van der Waals surface area contributed by atoms with Gasteiger partial charge in [-0.25, -0.2) is 0 Å². The van der Waals surface area contributed by atoms with Crippen molar-refractivity contribution in [2.24, 2.45) is 0 Å². The first kappa shape index (κ1) is 14.8. The number of para-hydroxylation sites is 1. The maximum Gasteiger partial charge on any atom is 0.310 e. The molecule has 1 unspecified atom stereocenters. The number of rotatable bonds is 4. The Morgan fingerprint density at radius 2 is 1.90 bits per heavy atom. The van der Waals surface area contributed by atoms with Crippen molar-refractivity contribution >= 4 is 38.9 Å². The van der Waals surface area contributed by atoms with Crippen LogP contribution in [0.5, 0.6) is 0 Å². The summed E-state index contributed by atoms with van der Waals surface area (Å²) < 4.78 is 0.988. The highest BCUT2D eigenvalue weighted by Gasteiger charge is 2.19. The second-order valence-corrected chi connectivity index (χ2v) is 5.63. The van der Waals surface area contributed by atoms with E-state index in [4.69, 9.17) is 11.6 Å². The van der Waals surface area contributed by atoms with Crippen molar-refractivity contribution in [3.63, 3.8) is 0 Å². The van der Waals surface area contributed by atoms with Crippen LogP contribution in [0, 0.1) is 10.1 Å². The molecule has 0 heterocycles. The molecule has 0 spiro atoms. The number of nitrogens with one attached hydrogen (secondary N) is 1. The van der Waals surface area contributed by atoms with Crippen LogP contribution in [0.1, 0.15) is 18.5 Å². The Kier molecular flexibility index (Phi) is 4.62. The predicted molar refractivity (Wildman–Crippen MR) is 84.3 cm³/mol. The lowest BCUT2D eigenvalue weighted by atomic mass is 10.1. The molecule has 0 aliphatic heterocycles. The molecule has 0 bridgehead atoms. The summed E-state index contributed by atoms with van der Waals surface area (Å²) in [5.74, 6) is 0. The van der Waals surface area contributed by atoms with Gasteiger partial charge >= 0.3 is 5.69 Å². The molecule has 0 amide bonds. The smallest absolute Gasteiger partial charge is 0.310 e. The van der Waals surface area contributed by atoms with E-state index in [1.807, 2.05) is 31.2 Å². The van der Waals surface area contributed by atoms with Gasteiger partial charge in [0, 0.05) is 10.5 Å². The third kappa shape index (κ3) is 3.29. The molecular formula is C14H12BrClN2O2. The van der Waals surface area contributed by atoms with Gasteiger partial charge in [-0.1, -0.05) is 45.7 Å². The number of hydrogen-bond donors (Lipinski definition) is 1. The number of nitro benzene ring substituents is 1. The molecule has 20 heavy (non-hydrogen) atoms. The quantitative estimate of drug-likeness (QED) is 0.607. The Morgan fingerprint density at radius 3 is 2.50 bits per heavy atom.